The molecule has 6 heteroatoms. The first-order valence-corrected chi connectivity index (χ1v) is 10.3. The molecule has 0 aliphatic rings. The van der Waals surface area contributed by atoms with Gasteiger partial charge >= 0.3 is 5.97 Å². The van der Waals surface area contributed by atoms with Crippen molar-refractivity contribution in [1.82, 2.24) is 10.6 Å². The zero-order valence-electron chi connectivity index (χ0n) is 18.1. The van der Waals surface area contributed by atoms with Gasteiger partial charge in [0, 0.05) is 12.0 Å². The van der Waals surface area contributed by atoms with Crippen molar-refractivity contribution in [2.45, 2.75) is 26.3 Å². The molecule has 164 valence electrons. The number of carbonyl (C=O) groups excluding carboxylic acids is 2. The van der Waals surface area contributed by atoms with Crippen LogP contribution in [0.15, 0.2) is 72.8 Å². The van der Waals surface area contributed by atoms with Gasteiger partial charge in [0.2, 0.25) is 5.91 Å². The average molecular weight is 431 g/mol. The molecule has 0 aromatic heterocycles. The normalized spacial score (nSPS) is 11.4. The van der Waals surface area contributed by atoms with Crippen LogP contribution < -0.4 is 10.6 Å². The zero-order valence-corrected chi connectivity index (χ0v) is 18.1. The second kappa shape index (κ2) is 10.4. The van der Waals surface area contributed by atoms with Crippen LogP contribution in [0.5, 0.6) is 0 Å². The molecule has 0 saturated carbocycles. The summed E-state index contributed by atoms with van der Waals surface area (Å²) >= 11 is 0. The maximum absolute atomic E-state index is 12.8. The Labute approximate surface area is 187 Å². The van der Waals surface area contributed by atoms with Gasteiger partial charge in [-0.3, -0.25) is 14.4 Å². The Bertz CT molecular complexity index is 1090. The number of hydrogen-bond donors (Lipinski definition) is 3. The lowest BCUT2D eigenvalue weighted by atomic mass is 10.00. The van der Waals surface area contributed by atoms with Crippen LogP contribution in [-0.2, 0) is 16.0 Å². The number of amides is 2. The van der Waals surface area contributed by atoms with Crippen LogP contribution >= 0.6 is 0 Å². The van der Waals surface area contributed by atoms with Crippen molar-refractivity contribution in [3.8, 4) is 11.1 Å². The molecule has 0 saturated heterocycles. The monoisotopic (exact) mass is 430 g/mol. The molecule has 0 aliphatic carbocycles. The SMILES string of the molecule is Cc1cc(C)cc(C(=O)NC(Cc2ccc(-c3ccccc3)cc2)C(=O)NCC(=O)O)c1. The van der Waals surface area contributed by atoms with Gasteiger partial charge < -0.3 is 15.7 Å². The number of carbonyl (C=O) groups is 3. The van der Waals surface area contributed by atoms with Gasteiger partial charge in [0.05, 0.1) is 0 Å². The molecule has 2 amide bonds. The number of rotatable bonds is 8. The number of carboxylic acid groups (broad SMARTS) is 1. The first-order valence-electron chi connectivity index (χ1n) is 10.3. The Kier molecular flexibility index (Phi) is 7.39. The van der Waals surface area contributed by atoms with Crippen LogP contribution in [0.4, 0.5) is 0 Å². The van der Waals surface area contributed by atoms with Crippen LogP contribution in [0.3, 0.4) is 0 Å². The molecule has 0 fully saturated rings. The first kappa shape index (κ1) is 22.7. The molecule has 6 nitrogen and oxygen atoms in total. The summed E-state index contributed by atoms with van der Waals surface area (Å²) in [5.41, 5.74) is 5.31. The highest BCUT2D eigenvalue weighted by atomic mass is 16.4. The lowest BCUT2D eigenvalue weighted by molar-refractivity contribution is -0.138. The quantitative estimate of drug-likeness (QED) is 0.510. The third-order valence-electron chi connectivity index (χ3n) is 5.02. The van der Waals surface area contributed by atoms with Gasteiger partial charge in [0.15, 0.2) is 0 Å². The maximum Gasteiger partial charge on any atom is 0.322 e. The fourth-order valence-electron chi connectivity index (χ4n) is 3.54. The Morgan fingerprint density at radius 2 is 1.44 bits per heavy atom. The molecule has 0 aliphatic heterocycles. The molecular formula is C26H26N2O4. The van der Waals surface area contributed by atoms with Crippen molar-refractivity contribution in [3.05, 3.63) is 95.1 Å². The first-order chi connectivity index (χ1) is 15.3. The minimum absolute atomic E-state index is 0.233. The van der Waals surface area contributed by atoms with Crippen molar-refractivity contribution in [3.63, 3.8) is 0 Å². The number of carboxylic acids is 1. The number of benzene rings is 3. The lowest BCUT2D eigenvalue weighted by Gasteiger charge is -2.19. The van der Waals surface area contributed by atoms with Gasteiger partial charge in [0.25, 0.3) is 5.91 Å². The molecule has 0 radical (unpaired) electrons. The second-order valence-corrected chi connectivity index (χ2v) is 7.78. The predicted molar refractivity (Wildman–Crippen MR) is 123 cm³/mol. The summed E-state index contributed by atoms with van der Waals surface area (Å²) in [6.07, 6.45) is 0.233. The summed E-state index contributed by atoms with van der Waals surface area (Å²) in [7, 11) is 0. The predicted octanol–water partition coefficient (Wildman–Crippen LogP) is 3.51. The smallest absolute Gasteiger partial charge is 0.322 e. The highest BCUT2D eigenvalue weighted by Crippen LogP contribution is 2.20. The van der Waals surface area contributed by atoms with Gasteiger partial charge in [0.1, 0.15) is 12.6 Å². The van der Waals surface area contributed by atoms with Gasteiger partial charge in [-0.2, -0.15) is 0 Å². The largest absolute Gasteiger partial charge is 0.480 e. The highest BCUT2D eigenvalue weighted by molar-refractivity contribution is 5.98. The van der Waals surface area contributed by atoms with E-state index in [9.17, 15) is 14.4 Å². The van der Waals surface area contributed by atoms with E-state index in [1.54, 1.807) is 12.1 Å². The molecule has 1 atom stereocenters. The molecule has 32 heavy (non-hydrogen) atoms. The molecule has 3 N–H and O–H groups in total. The van der Waals surface area contributed by atoms with E-state index in [1.165, 1.54) is 0 Å². The van der Waals surface area contributed by atoms with Crippen LogP contribution in [0.2, 0.25) is 0 Å². The second-order valence-electron chi connectivity index (χ2n) is 7.78. The van der Waals surface area contributed by atoms with Crippen molar-refractivity contribution in [2.24, 2.45) is 0 Å². The van der Waals surface area contributed by atoms with Gasteiger partial charge in [-0.1, -0.05) is 71.8 Å². The third-order valence-corrected chi connectivity index (χ3v) is 5.02. The van der Waals surface area contributed by atoms with E-state index in [0.717, 1.165) is 27.8 Å². The van der Waals surface area contributed by atoms with Gasteiger partial charge in [-0.05, 0) is 42.7 Å². The average Bonchev–Trinajstić information content (AvgIpc) is 2.77. The summed E-state index contributed by atoms with van der Waals surface area (Å²) in [6.45, 7) is 3.28. The Morgan fingerprint density at radius 3 is 2.03 bits per heavy atom. The van der Waals surface area contributed by atoms with Crippen LogP contribution in [0.1, 0.15) is 27.0 Å². The molecule has 0 spiro atoms. The van der Waals surface area contributed by atoms with Gasteiger partial charge in [-0.15, -0.1) is 0 Å². The number of nitrogens with one attached hydrogen (secondary N) is 2. The van der Waals surface area contributed by atoms with E-state index in [2.05, 4.69) is 10.6 Å². The zero-order chi connectivity index (χ0) is 23.1. The third kappa shape index (κ3) is 6.28. The van der Waals surface area contributed by atoms with Crippen molar-refractivity contribution < 1.29 is 19.5 Å². The number of aliphatic carboxylic acids is 1. The molecule has 0 heterocycles. The summed E-state index contributed by atoms with van der Waals surface area (Å²) < 4.78 is 0. The summed E-state index contributed by atoms with van der Waals surface area (Å²) in [4.78, 5) is 36.3. The fraction of sp³-hybridized carbons (Fsp3) is 0.192. The van der Waals surface area contributed by atoms with Crippen molar-refractivity contribution in [2.75, 3.05) is 6.54 Å². The number of aryl methyl sites for hydroxylation is 2. The minimum Gasteiger partial charge on any atom is -0.480 e. The minimum atomic E-state index is -1.15. The topological polar surface area (TPSA) is 95.5 Å². The standard InChI is InChI=1S/C26H26N2O4/c1-17-12-18(2)14-22(13-17)25(31)28-23(26(32)27-16-24(29)30)15-19-8-10-21(11-9-19)20-6-4-3-5-7-20/h3-14,23H,15-16H2,1-2H3,(H,27,32)(H,28,31)(H,29,30). The van der Waals surface area contributed by atoms with E-state index in [0.29, 0.717) is 5.56 Å². The Hall–Kier alpha value is -3.93. The molecule has 1 unspecified atom stereocenters. The van der Waals surface area contributed by atoms with E-state index in [1.807, 2.05) is 74.5 Å². The Balaban J connectivity index is 1.78. The maximum atomic E-state index is 12.8. The van der Waals surface area contributed by atoms with E-state index in [4.69, 9.17) is 5.11 Å². The van der Waals surface area contributed by atoms with Crippen LogP contribution in [-0.4, -0.2) is 35.5 Å². The fourth-order valence-corrected chi connectivity index (χ4v) is 3.54. The summed E-state index contributed by atoms with van der Waals surface area (Å²) in [5.74, 6) is -2.07. The van der Waals surface area contributed by atoms with Gasteiger partial charge in [-0.25, -0.2) is 0 Å². The van der Waals surface area contributed by atoms with E-state index in [-0.39, 0.29) is 12.3 Å². The molecular weight excluding hydrogens is 404 g/mol. The van der Waals surface area contributed by atoms with E-state index < -0.39 is 24.5 Å². The van der Waals surface area contributed by atoms with Crippen molar-refractivity contribution >= 4 is 17.8 Å². The molecule has 0 bridgehead atoms. The molecule has 3 aromatic carbocycles. The number of hydrogen-bond acceptors (Lipinski definition) is 3. The molecule has 3 aromatic rings. The van der Waals surface area contributed by atoms with Crippen LogP contribution in [0.25, 0.3) is 11.1 Å². The van der Waals surface area contributed by atoms with Crippen LogP contribution in [0, 0.1) is 13.8 Å². The Morgan fingerprint density at radius 1 is 0.844 bits per heavy atom. The van der Waals surface area contributed by atoms with Crippen molar-refractivity contribution in [1.29, 1.82) is 0 Å². The van der Waals surface area contributed by atoms with E-state index >= 15 is 0 Å². The summed E-state index contributed by atoms with van der Waals surface area (Å²) in [5, 5.41) is 14.0. The highest BCUT2D eigenvalue weighted by Gasteiger charge is 2.22. The summed E-state index contributed by atoms with van der Waals surface area (Å²) in [6, 6.07) is 22.2. The molecule has 3 rings (SSSR count). The lowest BCUT2D eigenvalue weighted by Crippen LogP contribution is -2.49.